The van der Waals surface area contributed by atoms with E-state index in [0.29, 0.717) is 18.3 Å². The Labute approximate surface area is 131 Å². The van der Waals surface area contributed by atoms with Gasteiger partial charge >= 0.3 is 5.97 Å². The molecule has 6 nitrogen and oxygen atoms in total. The topological polar surface area (TPSA) is 68.5 Å². The second kappa shape index (κ2) is 5.33. The minimum absolute atomic E-state index is 0.164. The maximum Gasteiger partial charge on any atom is 0.326 e. The molecule has 0 aromatic carbocycles. The predicted molar refractivity (Wildman–Crippen MR) is 80.2 cm³/mol. The van der Waals surface area contributed by atoms with Crippen LogP contribution in [0.4, 0.5) is 0 Å². The third kappa shape index (κ3) is 3.16. The average Bonchev–Trinajstić information content (AvgIpc) is 3.04. The van der Waals surface area contributed by atoms with Gasteiger partial charge in [-0.2, -0.15) is 4.98 Å². The Bertz CT molecular complexity index is 559. The Kier molecular flexibility index (Phi) is 3.75. The minimum Gasteiger partial charge on any atom is -0.459 e. The Morgan fingerprint density at radius 2 is 2.18 bits per heavy atom. The van der Waals surface area contributed by atoms with Gasteiger partial charge in [0.1, 0.15) is 11.1 Å². The predicted octanol–water partition coefficient (Wildman–Crippen LogP) is 2.64. The van der Waals surface area contributed by atoms with E-state index < -0.39 is 11.1 Å². The molecule has 1 aromatic heterocycles. The number of ether oxygens (including phenoxy) is 1. The van der Waals surface area contributed by atoms with E-state index in [-0.39, 0.29) is 5.97 Å². The minimum atomic E-state index is -0.604. The lowest BCUT2D eigenvalue weighted by atomic mass is 9.98. The Hall–Kier alpha value is -1.43. The Morgan fingerprint density at radius 1 is 1.45 bits per heavy atom. The van der Waals surface area contributed by atoms with Crippen LogP contribution in [0.1, 0.15) is 71.0 Å². The van der Waals surface area contributed by atoms with E-state index in [1.54, 1.807) is 0 Å². The summed E-state index contributed by atoms with van der Waals surface area (Å²) in [5.41, 5.74) is -1.08. The van der Waals surface area contributed by atoms with Crippen LogP contribution in [0.25, 0.3) is 0 Å². The van der Waals surface area contributed by atoms with Gasteiger partial charge in [0, 0.05) is 5.92 Å². The van der Waals surface area contributed by atoms with Crippen molar-refractivity contribution in [2.24, 2.45) is 0 Å². The molecule has 0 bridgehead atoms. The zero-order chi connectivity index (χ0) is 16.0. The number of nitrogens with zero attached hydrogens (tertiary/aromatic N) is 3. The molecule has 1 saturated carbocycles. The summed E-state index contributed by atoms with van der Waals surface area (Å²) >= 11 is 0. The van der Waals surface area contributed by atoms with E-state index in [1.807, 2.05) is 27.7 Å². The van der Waals surface area contributed by atoms with Gasteiger partial charge in [-0.3, -0.25) is 9.69 Å². The van der Waals surface area contributed by atoms with Gasteiger partial charge in [0.05, 0.1) is 6.54 Å². The smallest absolute Gasteiger partial charge is 0.326 e. The molecule has 0 amide bonds. The van der Waals surface area contributed by atoms with Crippen molar-refractivity contribution in [3.05, 3.63) is 11.7 Å². The number of rotatable bonds is 4. The van der Waals surface area contributed by atoms with Crippen molar-refractivity contribution in [2.45, 2.75) is 77.0 Å². The van der Waals surface area contributed by atoms with Crippen LogP contribution in [0.2, 0.25) is 0 Å². The lowest BCUT2D eigenvalue weighted by Gasteiger charge is -2.34. The fourth-order valence-electron chi connectivity index (χ4n) is 2.89. The molecule has 0 radical (unpaired) electrons. The fraction of sp³-hybridized carbons (Fsp3) is 0.812. The molecule has 22 heavy (non-hydrogen) atoms. The van der Waals surface area contributed by atoms with Crippen molar-refractivity contribution in [3.63, 3.8) is 0 Å². The van der Waals surface area contributed by atoms with Crippen LogP contribution in [0, 0.1) is 0 Å². The molecule has 0 spiro atoms. The van der Waals surface area contributed by atoms with Gasteiger partial charge in [-0.05, 0) is 59.9 Å². The van der Waals surface area contributed by atoms with E-state index in [0.717, 1.165) is 38.1 Å². The zero-order valence-electron chi connectivity index (χ0n) is 13.9. The largest absolute Gasteiger partial charge is 0.459 e. The standard InChI is InChI=1S/C16H25N3O3/c1-15(2,3)21-14(20)16(4)8-5-9-19(16)10-12-17-13(22-18-12)11-6-7-11/h11H,5-10H2,1-4H3. The quantitative estimate of drug-likeness (QED) is 0.797. The number of carbonyl (C=O) groups excluding carboxylic acids is 1. The third-order valence-corrected chi connectivity index (χ3v) is 4.37. The molecule has 1 unspecified atom stereocenters. The first-order chi connectivity index (χ1) is 10.3. The highest BCUT2D eigenvalue weighted by Gasteiger charge is 2.46. The van der Waals surface area contributed by atoms with Gasteiger partial charge in [0.15, 0.2) is 5.82 Å². The van der Waals surface area contributed by atoms with E-state index in [2.05, 4.69) is 15.0 Å². The van der Waals surface area contributed by atoms with E-state index in [4.69, 9.17) is 9.26 Å². The molecule has 1 aliphatic carbocycles. The fourth-order valence-corrected chi connectivity index (χ4v) is 2.89. The van der Waals surface area contributed by atoms with E-state index in [9.17, 15) is 4.79 Å². The summed E-state index contributed by atoms with van der Waals surface area (Å²) in [6.07, 6.45) is 4.06. The molecular weight excluding hydrogens is 282 g/mol. The number of carbonyl (C=O) groups is 1. The van der Waals surface area contributed by atoms with Gasteiger partial charge in [0.25, 0.3) is 0 Å². The summed E-state index contributed by atoms with van der Waals surface area (Å²) in [5, 5.41) is 4.06. The summed E-state index contributed by atoms with van der Waals surface area (Å²) in [5.74, 6) is 1.70. The molecule has 1 atom stereocenters. The molecule has 1 aliphatic heterocycles. The third-order valence-electron chi connectivity index (χ3n) is 4.37. The summed E-state index contributed by atoms with van der Waals surface area (Å²) in [6.45, 7) is 9.03. The molecule has 122 valence electrons. The molecule has 2 fully saturated rings. The van der Waals surface area contributed by atoms with Crippen molar-refractivity contribution in [3.8, 4) is 0 Å². The first kappa shape index (κ1) is 15.5. The number of esters is 1. The molecule has 3 rings (SSSR count). The molecule has 6 heteroatoms. The average molecular weight is 307 g/mol. The maximum atomic E-state index is 12.6. The zero-order valence-corrected chi connectivity index (χ0v) is 13.9. The van der Waals surface area contributed by atoms with Crippen molar-refractivity contribution < 1.29 is 14.1 Å². The molecule has 1 saturated heterocycles. The number of aromatic nitrogens is 2. The normalized spacial score (nSPS) is 26.4. The SMILES string of the molecule is CC(C)(C)OC(=O)C1(C)CCCN1Cc1noc(C2CC2)n1. The van der Waals surface area contributed by atoms with Gasteiger partial charge < -0.3 is 9.26 Å². The Balaban J connectivity index is 1.69. The highest BCUT2D eigenvalue weighted by Crippen LogP contribution is 2.39. The maximum absolute atomic E-state index is 12.6. The lowest BCUT2D eigenvalue weighted by molar-refractivity contribution is -0.167. The van der Waals surface area contributed by atoms with Crippen molar-refractivity contribution in [1.29, 1.82) is 0 Å². The highest BCUT2D eigenvalue weighted by molar-refractivity contribution is 5.81. The van der Waals surface area contributed by atoms with Crippen LogP contribution < -0.4 is 0 Å². The van der Waals surface area contributed by atoms with Crippen molar-refractivity contribution in [2.75, 3.05) is 6.54 Å². The number of hydrogen-bond donors (Lipinski definition) is 0. The molecule has 0 N–H and O–H groups in total. The van der Waals surface area contributed by atoms with Crippen LogP contribution in [0.3, 0.4) is 0 Å². The summed E-state index contributed by atoms with van der Waals surface area (Å²) in [4.78, 5) is 19.2. The van der Waals surface area contributed by atoms with Crippen LogP contribution in [0.5, 0.6) is 0 Å². The van der Waals surface area contributed by atoms with Crippen LogP contribution in [0.15, 0.2) is 4.52 Å². The van der Waals surface area contributed by atoms with Crippen molar-refractivity contribution in [1.82, 2.24) is 15.0 Å². The Morgan fingerprint density at radius 3 is 2.82 bits per heavy atom. The molecule has 1 aromatic rings. The van der Waals surface area contributed by atoms with Crippen molar-refractivity contribution >= 4 is 5.97 Å². The molecule has 2 aliphatic rings. The first-order valence-corrected chi connectivity index (χ1v) is 8.09. The second-order valence-electron chi connectivity index (χ2n) is 7.62. The number of hydrogen-bond acceptors (Lipinski definition) is 6. The van der Waals surface area contributed by atoms with Gasteiger partial charge in [-0.1, -0.05) is 5.16 Å². The van der Waals surface area contributed by atoms with Crippen LogP contribution >= 0.6 is 0 Å². The van der Waals surface area contributed by atoms with Crippen LogP contribution in [-0.4, -0.2) is 38.7 Å². The molecular formula is C16H25N3O3. The van der Waals surface area contributed by atoms with E-state index in [1.165, 1.54) is 0 Å². The highest BCUT2D eigenvalue weighted by atomic mass is 16.6. The summed E-state index contributed by atoms with van der Waals surface area (Å²) in [6, 6.07) is 0. The molecule has 2 heterocycles. The summed E-state index contributed by atoms with van der Waals surface area (Å²) in [7, 11) is 0. The van der Waals surface area contributed by atoms with Crippen LogP contribution in [-0.2, 0) is 16.1 Å². The second-order valence-corrected chi connectivity index (χ2v) is 7.62. The summed E-state index contributed by atoms with van der Waals surface area (Å²) < 4.78 is 10.9. The monoisotopic (exact) mass is 307 g/mol. The number of likely N-dealkylation sites (tertiary alicyclic amines) is 1. The van der Waals surface area contributed by atoms with E-state index >= 15 is 0 Å². The van der Waals surface area contributed by atoms with Gasteiger partial charge in [-0.15, -0.1) is 0 Å². The van der Waals surface area contributed by atoms with Gasteiger partial charge in [0.2, 0.25) is 5.89 Å². The lowest BCUT2D eigenvalue weighted by Crippen LogP contribution is -2.50. The van der Waals surface area contributed by atoms with Gasteiger partial charge in [-0.25, -0.2) is 0 Å². The first-order valence-electron chi connectivity index (χ1n) is 8.09.